The van der Waals surface area contributed by atoms with Gasteiger partial charge in [-0.25, -0.2) is 9.69 Å². The third-order valence-electron chi connectivity index (χ3n) is 5.25. The van der Waals surface area contributed by atoms with E-state index >= 15 is 0 Å². The van der Waals surface area contributed by atoms with E-state index in [4.69, 9.17) is 16.3 Å². The molecule has 1 aliphatic heterocycles. The van der Waals surface area contributed by atoms with E-state index in [9.17, 15) is 14.4 Å². The molecule has 0 aliphatic carbocycles. The maximum Gasteiger partial charge on any atom is 0.335 e. The third-order valence-corrected chi connectivity index (χ3v) is 6.12. The maximum atomic E-state index is 13.3. The molecule has 0 aromatic heterocycles. The summed E-state index contributed by atoms with van der Waals surface area (Å²) in [5, 5.41) is 2.88. The first-order valence-corrected chi connectivity index (χ1v) is 11.7. The van der Waals surface area contributed by atoms with Gasteiger partial charge in [-0.2, -0.15) is 0 Å². The standard InChI is InChI=1S/C26H20BrClN2O4/c1-2-34-21-11-9-20(10-12-21)30-25(32)22(24(31)29-26(30)33)15-18-14-19(27)8-7-16(18)13-17-5-3-4-6-23(17)28/h3-12,14-15H,2,13H2,1H3,(H,29,31,33)/b22-15+. The molecule has 4 amide bonds. The number of hydrogen-bond donors (Lipinski definition) is 1. The molecule has 1 fully saturated rings. The average Bonchev–Trinajstić information content (AvgIpc) is 2.81. The van der Waals surface area contributed by atoms with Crippen LogP contribution in [0.1, 0.15) is 23.6 Å². The van der Waals surface area contributed by atoms with Gasteiger partial charge in [-0.15, -0.1) is 0 Å². The van der Waals surface area contributed by atoms with Crippen molar-refractivity contribution in [3.8, 4) is 5.75 Å². The van der Waals surface area contributed by atoms with Gasteiger partial charge in [0, 0.05) is 9.50 Å². The van der Waals surface area contributed by atoms with E-state index in [0.717, 1.165) is 20.5 Å². The van der Waals surface area contributed by atoms with E-state index in [1.165, 1.54) is 6.08 Å². The lowest BCUT2D eigenvalue weighted by atomic mass is 9.97. The number of amides is 4. The number of urea groups is 1. The molecule has 172 valence electrons. The maximum absolute atomic E-state index is 13.3. The number of rotatable bonds is 6. The van der Waals surface area contributed by atoms with Crippen molar-refractivity contribution in [3.05, 3.63) is 98.5 Å². The monoisotopic (exact) mass is 538 g/mol. The van der Waals surface area contributed by atoms with Crippen LogP contribution in [0, 0.1) is 0 Å². The number of carbonyl (C=O) groups is 3. The Morgan fingerprint density at radius 2 is 1.74 bits per heavy atom. The number of barbiturate groups is 1. The Balaban J connectivity index is 1.71. The van der Waals surface area contributed by atoms with Gasteiger partial charge in [0.25, 0.3) is 11.8 Å². The van der Waals surface area contributed by atoms with E-state index in [0.29, 0.717) is 35.1 Å². The number of nitrogens with one attached hydrogen (secondary N) is 1. The van der Waals surface area contributed by atoms with Crippen molar-refractivity contribution >= 4 is 57.1 Å². The van der Waals surface area contributed by atoms with Crippen molar-refractivity contribution in [2.75, 3.05) is 11.5 Å². The van der Waals surface area contributed by atoms with Gasteiger partial charge >= 0.3 is 6.03 Å². The predicted molar refractivity (Wildman–Crippen MR) is 135 cm³/mol. The SMILES string of the molecule is CCOc1ccc(N2C(=O)NC(=O)/C(=C\c3cc(Br)ccc3Cc3ccccc3Cl)C2=O)cc1. The minimum atomic E-state index is -0.804. The van der Waals surface area contributed by atoms with Crippen LogP contribution >= 0.6 is 27.5 Å². The molecule has 0 radical (unpaired) electrons. The van der Waals surface area contributed by atoms with Crippen LogP contribution in [0.25, 0.3) is 6.08 Å². The lowest BCUT2D eigenvalue weighted by Crippen LogP contribution is -2.54. The molecule has 1 heterocycles. The first-order valence-electron chi connectivity index (χ1n) is 10.5. The Morgan fingerprint density at radius 3 is 2.44 bits per heavy atom. The molecule has 3 aromatic carbocycles. The van der Waals surface area contributed by atoms with E-state index in [2.05, 4.69) is 21.2 Å². The summed E-state index contributed by atoms with van der Waals surface area (Å²) in [6.07, 6.45) is 2.01. The summed E-state index contributed by atoms with van der Waals surface area (Å²) in [5.74, 6) is -0.844. The summed E-state index contributed by atoms with van der Waals surface area (Å²) >= 11 is 9.79. The van der Waals surface area contributed by atoms with Crippen molar-refractivity contribution in [1.82, 2.24) is 5.32 Å². The first kappa shape index (κ1) is 23.7. The fraction of sp³-hybridized carbons (Fsp3) is 0.115. The van der Waals surface area contributed by atoms with Crippen LogP contribution in [-0.4, -0.2) is 24.5 Å². The van der Waals surface area contributed by atoms with Crippen molar-refractivity contribution in [1.29, 1.82) is 0 Å². The summed E-state index contributed by atoms with van der Waals surface area (Å²) in [5.41, 5.74) is 2.63. The molecule has 34 heavy (non-hydrogen) atoms. The van der Waals surface area contributed by atoms with Crippen molar-refractivity contribution < 1.29 is 19.1 Å². The van der Waals surface area contributed by atoms with Gasteiger partial charge in [0.15, 0.2) is 0 Å². The second-order valence-electron chi connectivity index (χ2n) is 7.50. The summed E-state index contributed by atoms with van der Waals surface area (Å²) in [4.78, 5) is 39.4. The van der Waals surface area contributed by atoms with Crippen LogP contribution < -0.4 is 15.0 Å². The van der Waals surface area contributed by atoms with E-state index < -0.39 is 17.8 Å². The third kappa shape index (κ3) is 5.05. The summed E-state index contributed by atoms with van der Waals surface area (Å²) in [6.45, 7) is 2.35. The second-order valence-corrected chi connectivity index (χ2v) is 8.82. The minimum Gasteiger partial charge on any atom is -0.494 e. The largest absolute Gasteiger partial charge is 0.494 e. The quantitative estimate of drug-likeness (QED) is 0.319. The van der Waals surface area contributed by atoms with Crippen molar-refractivity contribution in [2.45, 2.75) is 13.3 Å². The number of benzene rings is 3. The highest BCUT2D eigenvalue weighted by molar-refractivity contribution is 9.10. The zero-order chi connectivity index (χ0) is 24.2. The minimum absolute atomic E-state index is 0.146. The second kappa shape index (κ2) is 10.2. The van der Waals surface area contributed by atoms with Crippen molar-refractivity contribution in [3.63, 3.8) is 0 Å². The lowest BCUT2D eigenvalue weighted by molar-refractivity contribution is -0.122. The fourth-order valence-corrected chi connectivity index (χ4v) is 4.19. The molecule has 0 atom stereocenters. The Bertz CT molecular complexity index is 1300. The first-order chi connectivity index (χ1) is 16.4. The molecule has 1 saturated heterocycles. The molecule has 0 spiro atoms. The molecule has 0 bridgehead atoms. The molecule has 0 unspecified atom stereocenters. The average molecular weight is 540 g/mol. The number of imide groups is 2. The lowest BCUT2D eigenvalue weighted by Gasteiger charge is -2.26. The topological polar surface area (TPSA) is 75.7 Å². The van der Waals surface area contributed by atoms with Gasteiger partial charge in [-0.1, -0.05) is 51.8 Å². The molecule has 4 rings (SSSR count). The number of nitrogens with zero attached hydrogens (tertiary/aromatic N) is 1. The smallest absolute Gasteiger partial charge is 0.335 e. The highest BCUT2D eigenvalue weighted by atomic mass is 79.9. The van der Waals surface area contributed by atoms with E-state index in [-0.39, 0.29) is 5.57 Å². The van der Waals surface area contributed by atoms with Gasteiger partial charge in [0.05, 0.1) is 12.3 Å². The summed E-state index contributed by atoms with van der Waals surface area (Å²) in [6, 6.07) is 18.8. The van der Waals surface area contributed by atoms with Gasteiger partial charge in [0.2, 0.25) is 0 Å². The number of halogens is 2. The number of hydrogen-bond acceptors (Lipinski definition) is 4. The Labute approximate surface area is 210 Å². The Morgan fingerprint density at radius 1 is 1.00 bits per heavy atom. The molecule has 0 saturated carbocycles. The molecule has 8 heteroatoms. The number of carbonyl (C=O) groups excluding carboxylic acids is 3. The normalized spacial score (nSPS) is 15.0. The fourth-order valence-electron chi connectivity index (χ4n) is 3.61. The van der Waals surface area contributed by atoms with Gasteiger partial charge in [-0.3, -0.25) is 14.9 Å². The molecular formula is C26H20BrClN2O4. The molecule has 1 aliphatic rings. The number of anilines is 1. The van der Waals surface area contributed by atoms with E-state index in [1.807, 2.05) is 49.4 Å². The van der Waals surface area contributed by atoms with Crippen LogP contribution in [0.15, 0.2) is 76.8 Å². The highest BCUT2D eigenvalue weighted by Gasteiger charge is 2.37. The van der Waals surface area contributed by atoms with Crippen LogP contribution in [0.4, 0.5) is 10.5 Å². The van der Waals surface area contributed by atoms with Crippen LogP contribution in [0.5, 0.6) is 5.75 Å². The van der Waals surface area contributed by atoms with Crippen LogP contribution in [0.2, 0.25) is 5.02 Å². The molecule has 6 nitrogen and oxygen atoms in total. The van der Waals surface area contributed by atoms with Gasteiger partial charge in [-0.05, 0) is 78.6 Å². The highest BCUT2D eigenvalue weighted by Crippen LogP contribution is 2.28. The summed E-state index contributed by atoms with van der Waals surface area (Å²) < 4.78 is 6.20. The zero-order valence-electron chi connectivity index (χ0n) is 18.2. The number of ether oxygens (including phenoxy) is 1. The van der Waals surface area contributed by atoms with Crippen molar-refractivity contribution in [2.24, 2.45) is 0 Å². The van der Waals surface area contributed by atoms with E-state index in [1.54, 1.807) is 24.3 Å². The molecule has 3 aromatic rings. The van der Waals surface area contributed by atoms with Gasteiger partial charge in [0.1, 0.15) is 11.3 Å². The zero-order valence-corrected chi connectivity index (χ0v) is 20.5. The molecular weight excluding hydrogens is 520 g/mol. The Kier molecular flexibility index (Phi) is 7.14. The van der Waals surface area contributed by atoms with Crippen LogP contribution in [0.3, 0.4) is 0 Å². The van der Waals surface area contributed by atoms with Crippen LogP contribution in [-0.2, 0) is 16.0 Å². The van der Waals surface area contributed by atoms with Gasteiger partial charge < -0.3 is 4.74 Å². The summed E-state index contributed by atoms with van der Waals surface area (Å²) in [7, 11) is 0. The molecule has 1 N–H and O–H groups in total. The Hall–Kier alpha value is -3.42. The predicted octanol–water partition coefficient (Wildman–Crippen LogP) is 5.76.